The number of nitrogens with zero attached hydrogens (tertiary/aromatic N) is 1. The van der Waals surface area contributed by atoms with E-state index in [1.807, 2.05) is 55.6 Å². The maximum absolute atomic E-state index is 5.49. The lowest BCUT2D eigenvalue weighted by molar-refractivity contribution is 0.962. The molecule has 0 unspecified atom stereocenters. The molecule has 0 bridgehead atoms. The number of H-pyrrole nitrogens is 1. The summed E-state index contributed by atoms with van der Waals surface area (Å²) in [4.78, 5) is 3.09. The SMILES string of the molecule is Cc1ccccc1NC(=S)Nn1c(-c2ccc(-c3ccccc3)cc2)c[nH]c1=S. The molecule has 1 heterocycles. The third-order valence-corrected chi connectivity index (χ3v) is 5.16. The second kappa shape index (κ2) is 8.43. The Morgan fingerprint density at radius 3 is 2.17 bits per heavy atom. The minimum absolute atomic E-state index is 0.470. The lowest BCUT2D eigenvalue weighted by atomic mass is 10.0. The largest absolute Gasteiger partial charge is 0.335 e. The van der Waals surface area contributed by atoms with Gasteiger partial charge in [0, 0.05) is 17.4 Å². The molecule has 6 heteroatoms. The van der Waals surface area contributed by atoms with E-state index in [1.54, 1.807) is 4.68 Å². The van der Waals surface area contributed by atoms with Gasteiger partial charge in [0.25, 0.3) is 0 Å². The molecule has 1 aromatic heterocycles. The summed E-state index contributed by atoms with van der Waals surface area (Å²) in [6, 6.07) is 26.7. The number of anilines is 1. The fraction of sp³-hybridized carbons (Fsp3) is 0.0435. The molecule has 0 atom stereocenters. The second-order valence-corrected chi connectivity index (χ2v) is 7.43. The summed E-state index contributed by atoms with van der Waals surface area (Å²) in [6.07, 6.45) is 1.88. The summed E-state index contributed by atoms with van der Waals surface area (Å²) >= 11 is 10.9. The standard InChI is InChI=1S/C23H20N4S2/c1-16-7-5-6-10-20(16)25-22(28)26-27-21(15-24-23(27)29)19-13-11-18(12-14-19)17-8-3-2-4-9-17/h2-15H,1H3,(H,24,29)(H2,25,26,28). The lowest BCUT2D eigenvalue weighted by Gasteiger charge is -2.15. The Hall–Kier alpha value is -3.22. The van der Waals surface area contributed by atoms with Crippen LogP contribution in [0.5, 0.6) is 0 Å². The molecule has 0 spiro atoms. The minimum Gasteiger partial charge on any atom is -0.335 e. The molecule has 4 rings (SSSR count). The molecule has 144 valence electrons. The van der Waals surface area contributed by atoms with E-state index >= 15 is 0 Å². The van der Waals surface area contributed by atoms with E-state index in [-0.39, 0.29) is 0 Å². The van der Waals surface area contributed by atoms with Gasteiger partial charge in [-0.15, -0.1) is 0 Å². The maximum atomic E-state index is 5.49. The van der Waals surface area contributed by atoms with Gasteiger partial charge in [0.2, 0.25) is 0 Å². The van der Waals surface area contributed by atoms with Crippen LogP contribution < -0.4 is 10.7 Å². The van der Waals surface area contributed by atoms with Crippen LogP contribution in [0.4, 0.5) is 5.69 Å². The van der Waals surface area contributed by atoms with Crippen molar-refractivity contribution in [1.82, 2.24) is 9.66 Å². The van der Waals surface area contributed by atoms with Crippen molar-refractivity contribution >= 4 is 35.2 Å². The summed E-state index contributed by atoms with van der Waals surface area (Å²) in [5.41, 5.74) is 9.55. The van der Waals surface area contributed by atoms with Gasteiger partial charge in [-0.2, -0.15) is 0 Å². The molecule has 4 aromatic rings. The van der Waals surface area contributed by atoms with Gasteiger partial charge in [0.05, 0.1) is 5.69 Å². The molecule has 0 aliphatic rings. The summed E-state index contributed by atoms with van der Waals surface area (Å²) in [5.74, 6) is 0. The molecule has 0 radical (unpaired) electrons. The predicted molar refractivity (Wildman–Crippen MR) is 127 cm³/mol. The van der Waals surface area contributed by atoms with E-state index in [1.165, 1.54) is 11.1 Å². The molecule has 0 fully saturated rings. The van der Waals surface area contributed by atoms with Crippen molar-refractivity contribution in [2.45, 2.75) is 6.92 Å². The average molecular weight is 417 g/mol. The fourth-order valence-electron chi connectivity index (χ4n) is 3.12. The van der Waals surface area contributed by atoms with Crippen molar-refractivity contribution in [3.05, 3.63) is 95.4 Å². The Morgan fingerprint density at radius 2 is 1.45 bits per heavy atom. The van der Waals surface area contributed by atoms with Crippen LogP contribution in [0.2, 0.25) is 0 Å². The van der Waals surface area contributed by atoms with Crippen molar-refractivity contribution in [3.8, 4) is 22.4 Å². The highest BCUT2D eigenvalue weighted by Crippen LogP contribution is 2.24. The van der Waals surface area contributed by atoms with Crippen LogP contribution in [0.3, 0.4) is 0 Å². The van der Waals surface area contributed by atoms with Gasteiger partial charge in [-0.05, 0) is 54.1 Å². The van der Waals surface area contributed by atoms with E-state index in [2.05, 4.69) is 52.1 Å². The molecular formula is C23H20N4S2. The molecule has 0 aliphatic carbocycles. The maximum Gasteiger partial charge on any atom is 0.196 e. The topological polar surface area (TPSA) is 44.8 Å². The molecule has 0 aliphatic heterocycles. The third kappa shape index (κ3) is 4.29. The molecule has 3 aromatic carbocycles. The molecule has 0 amide bonds. The zero-order chi connectivity index (χ0) is 20.2. The van der Waals surface area contributed by atoms with Crippen molar-refractivity contribution in [3.63, 3.8) is 0 Å². The summed E-state index contributed by atoms with van der Waals surface area (Å²) in [6.45, 7) is 2.03. The normalized spacial score (nSPS) is 10.5. The smallest absolute Gasteiger partial charge is 0.196 e. The molecule has 4 nitrogen and oxygen atoms in total. The highest BCUT2D eigenvalue weighted by molar-refractivity contribution is 7.80. The molecule has 0 saturated carbocycles. The number of imidazole rings is 1. The van der Waals surface area contributed by atoms with Gasteiger partial charge in [-0.1, -0.05) is 72.8 Å². The van der Waals surface area contributed by atoms with Gasteiger partial charge in [-0.3, -0.25) is 5.43 Å². The first kappa shape index (κ1) is 19.1. The number of hydrogen-bond donors (Lipinski definition) is 3. The molecular weight excluding hydrogens is 396 g/mol. The van der Waals surface area contributed by atoms with Gasteiger partial charge < -0.3 is 10.3 Å². The summed E-state index contributed by atoms with van der Waals surface area (Å²) in [7, 11) is 0. The average Bonchev–Trinajstić information content (AvgIpc) is 3.11. The number of thiocarbonyl (C=S) groups is 1. The lowest BCUT2D eigenvalue weighted by Crippen LogP contribution is -2.28. The van der Waals surface area contributed by atoms with Crippen molar-refractivity contribution < 1.29 is 0 Å². The predicted octanol–water partition coefficient (Wildman–Crippen LogP) is 6.13. The Morgan fingerprint density at radius 1 is 0.828 bits per heavy atom. The van der Waals surface area contributed by atoms with E-state index in [0.29, 0.717) is 9.88 Å². The highest BCUT2D eigenvalue weighted by Gasteiger charge is 2.09. The Kier molecular flexibility index (Phi) is 5.55. The van der Waals surface area contributed by atoms with E-state index < -0.39 is 0 Å². The van der Waals surface area contributed by atoms with Crippen LogP contribution in [0, 0.1) is 11.7 Å². The van der Waals surface area contributed by atoms with Gasteiger partial charge in [0.15, 0.2) is 9.88 Å². The second-order valence-electron chi connectivity index (χ2n) is 6.64. The van der Waals surface area contributed by atoms with Crippen LogP contribution in [0.25, 0.3) is 22.4 Å². The van der Waals surface area contributed by atoms with Crippen LogP contribution >= 0.6 is 24.4 Å². The molecule has 0 saturated heterocycles. The van der Waals surface area contributed by atoms with Crippen LogP contribution in [-0.4, -0.2) is 14.8 Å². The van der Waals surface area contributed by atoms with E-state index in [0.717, 1.165) is 22.5 Å². The number of para-hydroxylation sites is 1. The number of aryl methyl sites for hydroxylation is 1. The Balaban J connectivity index is 1.57. The Labute approximate surface area is 180 Å². The van der Waals surface area contributed by atoms with Crippen molar-refractivity contribution in [2.75, 3.05) is 10.7 Å². The van der Waals surface area contributed by atoms with Gasteiger partial charge >= 0.3 is 0 Å². The summed E-state index contributed by atoms with van der Waals surface area (Å²) < 4.78 is 2.32. The van der Waals surface area contributed by atoms with E-state index in [4.69, 9.17) is 24.4 Å². The number of nitrogens with one attached hydrogen (secondary N) is 3. The highest BCUT2D eigenvalue weighted by atomic mass is 32.1. The third-order valence-electron chi connectivity index (χ3n) is 4.67. The first-order valence-electron chi connectivity index (χ1n) is 9.22. The quantitative estimate of drug-likeness (QED) is 0.350. The van der Waals surface area contributed by atoms with Crippen LogP contribution in [-0.2, 0) is 0 Å². The summed E-state index contributed by atoms with van der Waals surface area (Å²) in [5, 5.41) is 3.69. The van der Waals surface area contributed by atoms with Gasteiger partial charge in [0.1, 0.15) is 0 Å². The van der Waals surface area contributed by atoms with Crippen LogP contribution in [0.15, 0.2) is 85.1 Å². The number of aromatic nitrogens is 2. The number of hydrogen-bond acceptors (Lipinski definition) is 2. The zero-order valence-electron chi connectivity index (χ0n) is 15.8. The van der Waals surface area contributed by atoms with Crippen molar-refractivity contribution in [2.24, 2.45) is 0 Å². The Bertz CT molecular complexity index is 1190. The molecule has 29 heavy (non-hydrogen) atoms. The fourth-order valence-corrected chi connectivity index (χ4v) is 3.53. The number of benzene rings is 3. The van der Waals surface area contributed by atoms with Crippen LogP contribution in [0.1, 0.15) is 5.56 Å². The number of rotatable bonds is 4. The first-order valence-corrected chi connectivity index (χ1v) is 10.0. The monoisotopic (exact) mass is 416 g/mol. The minimum atomic E-state index is 0.470. The molecule has 3 N–H and O–H groups in total. The van der Waals surface area contributed by atoms with E-state index in [9.17, 15) is 0 Å². The zero-order valence-corrected chi connectivity index (χ0v) is 17.5. The number of aromatic amines is 1. The van der Waals surface area contributed by atoms with Crippen molar-refractivity contribution in [1.29, 1.82) is 0 Å². The van der Waals surface area contributed by atoms with Gasteiger partial charge in [-0.25, -0.2) is 4.68 Å². The first-order chi connectivity index (χ1) is 14.1.